The lowest BCUT2D eigenvalue weighted by Gasteiger charge is -2.01. The van der Waals surface area contributed by atoms with E-state index in [0.29, 0.717) is 4.70 Å². The van der Waals surface area contributed by atoms with Crippen LogP contribution >= 0.6 is 11.3 Å². The largest absolute Gasteiger partial charge is 0.504 e. The van der Waals surface area contributed by atoms with Crippen LogP contribution in [0.3, 0.4) is 0 Å². The van der Waals surface area contributed by atoms with Crippen LogP contribution in [0.1, 0.15) is 10.5 Å². The van der Waals surface area contributed by atoms with Gasteiger partial charge >= 0.3 is 5.97 Å². The number of thiophene rings is 1. The Labute approximate surface area is 83.8 Å². The molecule has 0 saturated heterocycles. The highest BCUT2D eigenvalue weighted by Crippen LogP contribution is 2.31. The number of hydrogen-bond acceptors (Lipinski definition) is 5. The van der Waals surface area contributed by atoms with E-state index >= 15 is 0 Å². The zero-order chi connectivity index (χ0) is 10.1. The van der Waals surface area contributed by atoms with E-state index in [1.54, 1.807) is 0 Å². The molecule has 2 rings (SSSR count). The molecule has 0 fully saturated rings. The molecule has 0 aromatic carbocycles. The summed E-state index contributed by atoms with van der Waals surface area (Å²) in [5.41, 5.74) is -0.0394. The van der Waals surface area contributed by atoms with Crippen LogP contribution in [0.4, 0.5) is 0 Å². The number of fused-ring (bicyclic) bond motifs is 1. The fourth-order valence-corrected chi connectivity index (χ4v) is 1.98. The number of methoxy groups -OCH3 is 1. The number of hydrogen-bond donors (Lipinski definition) is 1. The van der Waals surface area contributed by atoms with Crippen molar-refractivity contribution in [2.75, 3.05) is 7.11 Å². The molecule has 14 heavy (non-hydrogen) atoms. The Balaban J connectivity index is 2.67. The van der Waals surface area contributed by atoms with Gasteiger partial charge in [-0.1, -0.05) is 0 Å². The zero-order valence-corrected chi connectivity index (χ0v) is 8.17. The van der Waals surface area contributed by atoms with E-state index in [0.717, 1.165) is 5.39 Å². The number of carbonyl (C=O) groups excluding carboxylic acids is 1. The summed E-state index contributed by atoms with van der Waals surface area (Å²) in [5, 5.41) is 12.3. The first-order valence-electron chi connectivity index (χ1n) is 3.87. The Kier molecular flexibility index (Phi) is 2.09. The molecular formula is C9H7NO3S. The molecule has 2 aromatic heterocycles. The molecule has 0 aliphatic heterocycles. The van der Waals surface area contributed by atoms with Gasteiger partial charge in [-0.2, -0.15) is 0 Å². The lowest BCUT2D eigenvalue weighted by molar-refractivity contribution is 0.0591. The molecule has 0 atom stereocenters. The first-order valence-corrected chi connectivity index (χ1v) is 4.75. The molecule has 0 bridgehead atoms. The summed E-state index contributed by atoms with van der Waals surface area (Å²) in [7, 11) is 1.25. The second-order valence-electron chi connectivity index (χ2n) is 2.65. The van der Waals surface area contributed by atoms with Crippen LogP contribution in [0.15, 0.2) is 17.6 Å². The highest BCUT2D eigenvalue weighted by Gasteiger charge is 2.16. The summed E-state index contributed by atoms with van der Waals surface area (Å²) in [6.45, 7) is 0. The van der Waals surface area contributed by atoms with Crippen LogP contribution < -0.4 is 0 Å². The molecule has 0 aliphatic carbocycles. The number of rotatable bonds is 1. The normalized spacial score (nSPS) is 10.4. The Morgan fingerprint density at radius 2 is 2.43 bits per heavy atom. The number of pyridine rings is 1. The van der Waals surface area contributed by atoms with Crippen molar-refractivity contribution in [2.24, 2.45) is 0 Å². The molecule has 1 N–H and O–H groups in total. The summed E-state index contributed by atoms with van der Waals surface area (Å²) < 4.78 is 5.14. The summed E-state index contributed by atoms with van der Waals surface area (Å²) in [6.07, 6.45) is 1.54. The van der Waals surface area contributed by atoms with Crippen molar-refractivity contribution < 1.29 is 14.6 Å². The van der Waals surface area contributed by atoms with E-state index < -0.39 is 5.97 Å². The molecule has 2 heterocycles. The van der Waals surface area contributed by atoms with Crippen molar-refractivity contribution >= 4 is 27.4 Å². The van der Waals surface area contributed by atoms with Crippen LogP contribution in [0, 0.1) is 0 Å². The zero-order valence-electron chi connectivity index (χ0n) is 7.35. The van der Waals surface area contributed by atoms with Gasteiger partial charge in [-0.3, -0.25) is 0 Å². The smallest absolute Gasteiger partial charge is 0.360 e. The Morgan fingerprint density at radius 3 is 3.14 bits per heavy atom. The molecular weight excluding hydrogens is 202 g/mol. The molecule has 0 amide bonds. The maximum Gasteiger partial charge on any atom is 0.360 e. The van der Waals surface area contributed by atoms with Gasteiger partial charge in [0.15, 0.2) is 11.4 Å². The van der Waals surface area contributed by atoms with Gasteiger partial charge in [-0.25, -0.2) is 9.78 Å². The first-order chi connectivity index (χ1) is 6.74. The van der Waals surface area contributed by atoms with Crippen molar-refractivity contribution in [3.8, 4) is 5.75 Å². The van der Waals surface area contributed by atoms with E-state index in [4.69, 9.17) is 0 Å². The molecule has 72 valence electrons. The van der Waals surface area contributed by atoms with E-state index in [2.05, 4.69) is 9.72 Å². The predicted molar refractivity (Wildman–Crippen MR) is 52.6 cm³/mol. The monoisotopic (exact) mass is 209 g/mol. The van der Waals surface area contributed by atoms with Crippen molar-refractivity contribution in [1.29, 1.82) is 0 Å². The van der Waals surface area contributed by atoms with Crippen LogP contribution in [-0.4, -0.2) is 23.2 Å². The number of esters is 1. The minimum atomic E-state index is -0.627. The molecule has 0 unspecified atom stereocenters. The maximum absolute atomic E-state index is 11.2. The van der Waals surface area contributed by atoms with E-state index in [9.17, 15) is 9.90 Å². The number of carbonyl (C=O) groups is 1. The van der Waals surface area contributed by atoms with Crippen molar-refractivity contribution in [2.45, 2.75) is 0 Å². The second kappa shape index (κ2) is 3.26. The lowest BCUT2D eigenvalue weighted by Crippen LogP contribution is -2.03. The van der Waals surface area contributed by atoms with E-state index in [1.165, 1.54) is 24.6 Å². The third kappa shape index (κ3) is 1.22. The summed E-state index contributed by atoms with van der Waals surface area (Å²) in [4.78, 5) is 15.0. The summed E-state index contributed by atoms with van der Waals surface area (Å²) in [6, 6.07) is 1.83. The second-order valence-corrected chi connectivity index (χ2v) is 3.57. The Bertz CT molecular complexity index is 492. The SMILES string of the molecule is COC(=O)c1ncc2ccsc2c1O. The standard InChI is InChI=1S/C9H7NO3S/c1-13-9(12)6-7(11)8-5(4-10-6)2-3-14-8/h2-4,11H,1H3. The topological polar surface area (TPSA) is 59.4 Å². The van der Waals surface area contributed by atoms with Crippen molar-refractivity contribution in [3.05, 3.63) is 23.3 Å². The molecule has 0 saturated carbocycles. The molecule has 0 aliphatic rings. The summed E-state index contributed by atoms with van der Waals surface area (Å²) in [5.74, 6) is -0.734. The van der Waals surface area contributed by atoms with Gasteiger partial charge < -0.3 is 9.84 Å². The van der Waals surface area contributed by atoms with Gasteiger partial charge in [0.05, 0.1) is 11.8 Å². The predicted octanol–water partition coefficient (Wildman–Crippen LogP) is 1.79. The van der Waals surface area contributed by atoms with Crippen LogP contribution in [0.25, 0.3) is 10.1 Å². The third-order valence-corrected chi connectivity index (χ3v) is 2.78. The van der Waals surface area contributed by atoms with Gasteiger partial charge in [-0.15, -0.1) is 11.3 Å². The molecule has 5 heteroatoms. The van der Waals surface area contributed by atoms with E-state index in [-0.39, 0.29) is 11.4 Å². The maximum atomic E-state index is 11.2. The third-order valence-electron chi connectivity index (χ3n) is 1.85. The van der Waals surface area contributed by atoms with Gasteiger partial charge in [-0.05, 0) is 11.4 Å². The first kappa shape index (κ1) is 8.96. The number of aromatic hydroxyl groups is 1. The van der Waals surface area contributed by atoms with Gasteiger partial charge in [0.1, 0.15) is 0 Å². The Morgan fingerprint density at radius 1 is 1.64 bits per heavy atom. The van der Waals surface area contributed by atoms with E-state index in [1.807, 2.05) is 11.4 Å². The summed E-state index contributed by atoms with van der Waals surface area (Å²) >= 11 is 1.36. The van der Waals surface area contributed by atoms with Crippen LogP contribution in [-0.2, 0) is 4.74 Å². The highest BCUT2D eigenvalue weighted by molar-refractivity contribution is 7.17. The number of nitrogens with zero attached hydrogens (tertiary/aromatic N) is 1. The molecule has 2 aromatic rings. The van der Waals surface area contributed by atoms with Crippen LogP contribution in [0.2, 0.25) is 0 Å². The Hall–Kier alpha value is -1.62. The quantitative estimate of drug-likeness (QED) is 0.727. The average molecular weight is 209 g/mol. The molecule has 4 nitrogen and oxygen atoms in total. The average Bonchev–Trinajstić information content (AvgIpc) is 2.66. The fraction of sp³-hybridized carbons (Fsp3) is 0.111. The van der Waals surface area contributed by atoms with Gasteiger partial charge in [0.25, 0.3) is 0 Å². The van der Waals surface area contributed by atoms with Crippen molar-refractivity contribution in [3.63, 3.8) is 0 Å². The minimum Gasteiger partial charge on any atom is -0.504 e. The van der Waals surface area contributed by atoms with Crippen LogP contribution in [0.5, 0.6) is 5.75 Å². The minimum absolute atomic E-state index is 0.0394. The molecule has 0 spiro atoms. The van der Waals surface area contributed by atoms with Gasteiger partial charge in [0, 0.05) is 11.6 Å². The fourth-order valence-electron chi connectivity index (χ4n) is 1.16. The van der Waals surface area contributed by atoms with Crippen molar-refractivity contribution in [1.82, 2.24) is 4.98 Å². The lowest BCUT2D eigenvalue weighted by atomic mass is 10.2. The highest BCUT2D eigenvalue weighted by atomic mass is 32.1. The number of aromatic nitrogens is 1. The number of ether oxygens (including phenoxy) is 1. The van der Waals surface area contributed by atoms with Gasteiger partial charge in [0.2, 0.25) is 0 Å². The molecule has 0 radical (unpaired) electrons.